The second kappa shape index (κ2) is 8.06. The first-order valence-corrected chi connectivity index (χ1v) is 9.14. The maximum absolute atomic E-state index is 13.7. The van der Waals surface area contributed by atoms with E-state index in [-0.39, 0.29) is 22.9 Å². The molecule has 1 aliphatic rings. The van der Waals surface area contributed by atoms with Gasteiger partial charge in [0.1, 0.15) is 11.9 Å². The number of carbonyl (C=O) groups excluding carboxylic acids is 2. The summed E-state index contributed by atoms with van der Waals surface area (Å²) in [6.07, 6.45) is 0.150. The lowest BCUT2D eigenvalue weighted by molar-refractivity contribution is -0.115. The van der Waals surface area contributed by atoms with E-state index < -0.39 is 23.9 Å². The summed E-state index contributed by atoms with van der Waals surface area (Å²) < 4.78 is 13.7. The van der Waals surface area contributed by atoms with Gasteiger partial charge in [-0.15, -0.1) is 0 Å². The highest BCUT2D eigenvalue weighted by Gasteiger charge is 2.28. The average molecular weight is 391 g/mol. The van der Waals surface area contributed by atoms with Gasteiger partial charge in [-0.05, 0) is 30.2 Å². The third kappa shape index (κ3) is 3.96. The van der Waals surface area contributed by atoms with Crippen molar-refractivity contribution in [2.24, 2.45) is 0 Å². The van der Waals surface area contributed by atoms with Gasteiger partial charge >= 0.3 is 0 Å². The number of hydrogen-bond donors (Lipinski definition) is 3. The number of aliphatic hydroxyl groups excluding tert-OH is 1. The standard InChI is InChI=1S/C20H20ClFN2O3/c1-2-5-16(19(26)12-7-3-8-14(22)18(12)21)24-20(27)11-6-4-9-15-13(11)10-17(25)23-15/h3-4,6-9,16,19,26H,2,5,10H2,1H3,(H,23,25)(H,24,27)/t16-,19+/m1/s1. The number of hydrogen-bond acceptors (Lipinski definition) is 3. The van der Waals surface area contributed by atoms with E-state index in [1.54, 1.807) is 18.2 Å². The average Bonchev–Trinajstić information content (AvgIpc) is 3.03. The summed E-state index contributed by atoms with van der Waals surface area (Å²) >= 11 is 5.99. The van der Waals surface area contributed by atoms with Crippen molar-refractivity contribution in [3.05, 3.63) is 63.9 Å². The number of aliphatic hydroxyl groups is 1. The molecule has 0 spiro atoms. The van der Waals surface area contributed by atoms with Gasteiger partial charge in [0.25, 0.3) is 5.91 Å². The first kappa shape index (κ1) is 19.3. The van der Waals surface area contributed by atoms with E-state index in [0.717, 1.165) is 0 Å². The third-order valence-electron chi connectivity index (χ3n) is 4.63. The topological polar surface area (TPSA) is 78.4 Å². The first-order valence-electron chi connectivity index (χ1n) is 8.77. The lowest BCUT2D eigenvalue weighted by Gasteiger charge is -2.25. The highest BCUT2D eigenvalue weighted by Crippen LogP contribution is 2.30. The number of rotatable bonds is 6. The van der Waals surface area contributed by atoms with Crippen LogP contribution in [0.15, 0.2) is 36.4 Å². The molecule has 0 aliphatic carbocycles. The molecule has 1 aliphatic heterocycles. The van der Waals surface area contributed by atoms with Crippen LogP contribution >= 0.6 is 11.6 Å². The van der Waals surface area contributed by atoms with E-state index in [1.807, 2.05) is 6.92 Å². The maximum Gasteiger partial charge on any atom is 0.251 e. The van der Waals surface area contributed by atoms with Crippen LogP contribution in [0.4, 0.5) is 10.1 Å². The molecule has 2 aromatic rings. The molecular formula is C20H20ClFN2O3. The molecule has 3 N–H and O–H groups in total. The molecule has 2 aromatic carbocycles. The Hall–Kier alpha value is -2.44. The highest BCUT2D eigenvalue weighted by molar-refractivity contribution is 6.31. The minimum Gasteiger partial charge on any atom is -0.386 e. The number of nitrogens with one attached hydrogen (secondary N) is 2. The van der Waals surface area contributed by atoms with Crippen LogP contribution in [0, 0.1) is 5.82 Å². The molecule has 27 heavy (non-hydrogen) atoms. The van der Waals surface area contributed by atoms with Gasteiger partial charge in [-0.2, -0.15) is 0 Å². The SMILES string of the molecule is CCC[C@@H](NC(=O)c1cccc2c1CC(=O)N2)[C@@H](O)c1cccc(F)c1Cl. The Balaban J connectivity index is 1.85. The molecule has 7 heteroatoms. The molecule has 0 unspecified atom stereocenters. The summed E-state index contributed by atoms with van der Waals surface area (Å²) in [6.45, 7) is 1.92. The van der Waals surface area contributed by atoms with Crippen molar-refractivity contribution < 1.29 is 19.1 Å². The summed E-state index contributed by atoms with van der Waals surface area (Å²) in [5.74, 6) is -1.18. The smallest absolute Gasteiger partial charge is 0.251 e. The number of fused-ring (bicyclic) bond motifs is 1. The lowest BCUT2D eigenvalue weighted by Crippen LogP contribution is -2.39. The van der Waals surface area contributed by atoms with Crippen molar-refractivity contribution in [3.63, 3.8) is 0 Å². The molecule has 0 fully saturated rings. The normalized spacial score (nSPS) is 15.0. The van der Waals surface area contributed by atoms with Gasteiger partial charge in [0.15, 0.2) is 0 Å². The Kier molecular flexibility index (Phi) is 5.77. The fourth-order valence-corrected chi connectivity index (χ4v) is 3.53. The quantitative estimate of drug-likeness (QED) is 0.705. The van der Waals surface area contributed by atoms with E-state index >= 15 is 0 Å². The number of anilines is 1. The number of benzene rings is 2. The molecule has 2 atom stereocenters. The number of carbonyl (C=O) groups is 2. The zero-order chi connectivity index (χ0) is 19.6. The summed E-state index contributed by atoms with van der Waals surface area (Å²) in [7, 11) is 0. The van der Waals surface area contributed by atoms with Crippen molar-refractivity contribution >= 4 is 29.1 Å². The van der Waals surface area contributed by atoms with Gasteiger partial charge in [-0.3, -0.25) is 9.59 Å². The van der Waals surface area contributed by atoms with Crippen molar-refractivity contribution in [2.45, 2.75) is 38.3 Å². The fraction of sp³-hybridized carbons (Fsp3) is 0.300. The fourth-order valence-electron chi connectivity index (χ4n) is 3.29. The maximum atomic E-state index is 13.7. The zero-order valence-corrected chi connectivity index (χ0v) is 15.5. The summed E-state index contributed by atoms with van der Waals surface area (Å²) in [5.41, 5.74) is 1.86. The van der Waals surface area contributed by atoms with Crippen LogP contribution in [0.2, 0.25) is 5.02 Å². The highest BCUT2D eigenvalue weighted by atomic mass is 35.5. The van der Waals surface area contributed by atoms with Gasteiger partial charge in [0.2, 0.25) is 5.91 Å². The van der Waals surface area contributed by atoms with Crippen LogP contribution in [0.1, 0.15) is 47.4 Å². The minimum absolute atomic E-state index is 0.135. The van der Waals surface area contributed by atoms with Gasteiger partial charge in [-0.1, -0.05) is 43.1 Å². The van der Waals surface area contributed by atoms with Crippen LogP contribution in [0.5, 0.6) is 0 Å². The molecule has 0 aromatic heterocycles. The van der Waals surface area contributed by atoms with Crippen LogP contribution in [0.25, 0.3) is 0 Å². The molecule has 2 amide bonds. The zero-order valence-electron chi connectivity index (χ0n) is 14.8. The Morgan fingerprint density at radius 3 is 2.81 bits per heavy atom. The van der Waals surface area contributed by atoms with Crippen LogP contribution in [-0.2, 0) is 11.2 Å². The predicted octanol–water partition coefficient (Wildman–Crippen LogP) is 3.61. The monoisotopic (exact) mass is 390 g/mol. The largest absolute Gasteiger partial charge is 0.386 e. The van der Waals surface area contributed by atoms with E-state index in [1.165, 1.54) is 18.2 Å². The molecule has 0 bridgehead atoms. The Labute approximate surface area is 161 Å². The van der Waals surface area contributed by atoms with Gasteiger partial charge in [0, 0.05) is 16.8 Å². The van der Waals surface area contributed by atoms with Crippen molar-refractivity contribution in [2.75, 3.05) is 5.32 Å². The second-order valence-corrected chi connectivity index (χ2v) is 6.89. The van der Waals surface area contributed by atoms with Gasteiger partial charge in [-0.25, -0.2) is 4.39 Å². The Morgan fingerprint density at radius 1 is 1.33 bits per heavy atom. The van der Waals surface area contributed by atoms with Gasteiger partial charge in [0.05, 0.1) is 17.5 Å². The van der Waals surface area contributed by atoms with Crippen LogP contribution < -0.4 is 10.6 Å². The van der Waals surface area contributed by atoms with E-state index in [4.69, 9.17) is 11.6 Å². The first-order chi connectivity index (χ1) is 12.9. The Bertz CT molecular complexity index is 888. The lowest BCUT2D eigenvalue weighted by atomic mass is 9.97. The van der Waals surface area contributed by atoms with E-state index in [9.17, 15) is 19.1 Å². The van der Waals surface area contributed by atoms with E-state index in [0.29, 0.717) is 29.7 Å². The van der Waals surface area contributed by atoms with Crippen LogP contribution in [-0.4, -0.2) is 23.0 Å². The molecule has 5 nitrogen and oxygen atoms in total. The molecule has 0 saturated carbocycles. The summed E-state index contributed by atoms with van der Waals surface area (Å²) in [6, 6.07) is 8.63. The summed E-state index contributed by atoms with van der Waals surface area (Å²) in [4.78, 5) is 24.4. The Morgan fingerprint density at radius 2 is 2.07 bits per heavy atom. The summed E-state index contributed by atoms with van der Waals surface area (Å²) in [5, 5.41) is 16.1. The van der Waals surface area contributed by atoms with Gasteiger partial charge < -0.3 is 15.7 Å². The minimum atomic E-state index is -1.16. The third-order valence-corrected chi connectivity index (χ3v) is 5.03. The predicted molar refractivity (Wildman–Crippen MR) is 101 cm³/mol. The van der Waals surface area contributed by atoms with Crippen molar-refractivity contribution in [3.8, 4) is 0 Å². The molecule has 3 rings (SSSR count). The molecule has 1 heterocycles. The molecule has 0 radical (unpaired) electrons. The molecular weight excluding hydrogens is 371 g/mol. The number of amides is 2. The second-order valence-electron chi connectivity index (χ2n) is 6.51. The molecule has 142 valence electrons. The number of halogens is 2. The van der Waals surface area contributed by atoms with Crippen molar-refractivity contribution in [1.82, 2.24) is 5.32 Å². The van der Waals surface area contributed by atoms with Crippen LogP contribution in [0.3, 0.4) is 0 Å². The molecule has 0 saturated heterocycles. The van der Waals surface area contributed by atoms with E-state index in [2.05, 4.69) is 10.6 Å². The van der Waals surface area contributed by atoms with Crippen molar-refractivity contribution in [1.29, 1.82) is 0 Å².